The topological polar surface area (TPSA) is 90.7 Å². The van der Waals surface area contributed by atoms with E-state index < -0.39 is 17.7 Å². The molecule has 39 heavy (non-hydrogen) atoms. The highest BCUT2D eigenvalue weighted by Crippen LogP contribution is 2.20. The lowest BCUT2D eigenvalue weighted by molar-refractivity contribution is 0.102. The summed E-state index contributed by atoms with van der Waals surface area (Å²) in [6, 6.07) is 16.9. The van der Waals surface area contributed by atoms with Crippen LogP contribution >= 0.6 is 0 Å². The summed E-state index contributed by atoms with van der Waals surface area (Å²) in [5.74, 6) is -1.54. The number of urea groups is 1. The van der Waals surface area contributed by atoms with Crippen LogP contribution in [-0.4, -0.2) is 47.9 Å². The third-order valence-corrected chi connectivity index (χ3v) is 7.04. The summed E-state index contributed by atoms with van der Waals surface area (Å²) < 4.78 is 27.0. The maximum absolute atomic E-state index is 13.7. The van der Waals surface area contributed by atoms with Gasteiger partial charge in [0.15, 0.2) is 11.6 Å². The molecule has 9 heteroatoms. The molecule has 0 aromatic heterocycles. The van der Waals surface area contributed by atoms with E-state index in [2.05, 4.69) is 22.5 Å². The number of rotatable bonds is 9. The Morgan fingerprint density at radius 1 is 0.974 bits per heavy atom. The van der Waals surface area contributed by atoms with Crippen molar-refractivity contribution in [2.24, 2.45) is 5.92 Å². The molecular formula is C30H35F2N5O2. The number of nitrogen functional groups attached to an aromatic ring is 1. The number of nitrogens with zero attached hydrogens (tertiary/aromatic N) is 2. The van der Waals surface area contributed by atoms with E-state index in [1.165, 1.54) is 18.9 Å². The zero-order valence-electron chi connectivity index (χ0n) is 22.1. The van der Waals surface area contributed by atoms with Crippen molar-refractivity contribution >= 4 is 29.0 Å². The number of benzene rings is 3. The second-order valence-corrected chi connectivity index (χ2v) is 10.1. The molecule has 1 saturated heterocycles. The molecule has 0 radical (unpaired) electrons. The number of nitrogens with two attached hydrogens (primary N) is 1. The maximum atomic E-state index is 13.7. The van der Waals surface area contributed by atoms with Gasteiger partial charge in [-0.05, 0) is 86.8 Å². The van der Waals surface area contributed by atoms with Gasteiger partial charge >= 0.3 is 6.03 Å². The monoisotopic (exact) mass is 535 g/mol. The fourth-order valence-corrected chi connectivity index (χ4v) is 4.59. The molecule has 1 aliphatic rings. The fraction of sp³-hybridized carbons (Fsp3) is 0.333. The average molecular weight is 536 g/mol. The molecule has 206 valence electrons. The summed E-state index contributed by atoms with van der Waals surface area (Å²) in [6.07, 6.45) is 3.13. The predicted molar refractivity (Wildman–Crippen MR) is 150 cm³/mol. The van der Waals surface area contributed by atoms with Crippen molar-refractivity contribution in [1.29, 1.82) is 0 Å². The lowest BCUT2D eigenvalue weighted by Crippen LogP contribution is -2.38. The van der Waals surface area contributed by atoms with Crippen LogP contribution in [0.4, 0.5) is 30.6 Å². The van der Waals surface area contributed by atoms with Crippen LogP contribution in [0.15, 0.2) is 66.7 Å². The van der Waals surface area contributed by atoms with Crippen molar-refractivity contribution in [2.75, 3.05) is 42.5 Å². The number of anilines is 3. The number of hydrogen-bond donors (Lipinski definition) is 3. The molecule has 0 unspecified atom stereocenters. The number of halogens is 2. The largest absolute Gasteiger partial charge is 0.397 e. The molecule has 0 saturated carbocycles. The Bertz CT molecular complexity index is 1280. The lowest BCUT2D eigenvalue weighted by Gasteiger charge is -2.31. The minimum absolute atomic E-state index is 0.182. The average Bonchev–Trinajstić information content (AvgIpc) is 2.93. The van der Waals surface area contributed by atoms with Gasteiger partial charge in [0.1, 0.15) is 0 Å². The Morgan fingerprint density at radius 2 is 1.69 bits per heavy atom. The number of nitrogens with one attached hydrogen (secondary N) is 2. The summed E-state index contributed by atoms with van der Waals surface area (Å²) in [6.45, 7) is 6.04. The van der Waals surface area contributed by atoms with E-state index in [1.54, 1.807) is 53.4 Å². The Kier molecular flexibility index (Phi) is 9.49. The molecule has 1 fully saturated rings. The van der Waals surface area contributed by atoms with Crippen molar-refractivity contribution in [2.45, 2.75) is 32.7 Å². The number of hydrogen-bond acceptors (Lipinski definition) is 4. The van der Waals surface area contributed by atoms with Gasteiger partial charge in [0.05, 0.1) is 11.4 Å². The first-order chi connectivity index (χ1) is 18.8. The van der Waals surface area contributed by atoms with E-state index in [0.717, 1.165) is 49.7 Å². The first kappa shape index (κ1) is 28.0. The third-order valence-electron chi connectivity index (χ3n) is 7.04. The van der Waals surface area contributed by atoms with E-state index in [9.17, 15) is 18.4 Å². The van der Waals surface area contributed by atoms with Gasteiger partial charge in [0.2, 0.25) is 0 Å². The van der Waals surface area contributed by atoms with Crippen molar-refractivity contribution in [3.63, 3.8) is 0 Å². The van der Waals surface area contributed by atoms with E-state index >= 15 is 0 Å². The lowest BCUT2D eigenvalue weighted by atomic mass is 9.99. The van der Waals surface area contributed by atoms with Crippen LogP contribution in [0, 0.1) is 17.6 Å². The summed E-state index contributed by atoms with van der Waals surface area (Å²) in [5.41, 5.74) is 8.40. The highest BCUT2D eigenvalue weighted by Gasteiger charge is 2.19. The van der Waals surface area contributed by atoms with E-state index in [-0.39, 0.29) is 11.6 Å². The molecule has 7 nitrogen and oxygen atoms in total. The Balaban J connectivity index is 1.41. The molecule has 1 heterocycles. The van der Waals surface area contributed by atoms with Crippen molar-refractivity contribution in [1.82, 2.24) is 9.80 Å². The first-order valence-electron chi connectivity index (χ1n) is 13.3. The SMILES string of the molecule is CC1CCN(CCCN(Cc2ccc(C(=O)Nc3ccccc3N)cc2)C(=O)Nc2ccc(F)c(F)c2)CC1. The van der Waals surface area contributed by atoms with Crippen LogP contribution in [-0.2, 0) is 6.54 Å². The zero-order valence-corrected chi connectivity index (χ0v) is 22.1. The van der Waals surface area contributed by atoms with Crippen molar-refractivity contribution in [3.8, 4) is 0 Å². The minimum atomic E-state index is -1.02. The van der Waals surface area contributed by atoms with Gasteiger partial charge in [-0.1, -0.05) is 31.2 Å². The first-order valence-corrected chi connectivity index (χ1v) is 13.3. The highest BCUT2D eigenvalue weighted by molar-refractivity contribution is 6.05. The van der Waals surface area contributed by atoms with Gasteiger partial charge in [0.25, 0.3) is 5.91 Å². The number of carbonyl (C=O) groups excluding carboxylic acids is 2. The van der Waals surface area contributed by atoms with Gasteiger partial charge in [-0.3, -0.25) is 4.79 Å². The molecule has 0 bridgehead atoms. The van der Waals surface area contributed by atoms with Gasteiger partial charge in [0, 0.05) is 30.4 Å². The molecule has 3 amide bonds. The molecule has 4 rings (SSSR count). The fourth-order valence-electron chi connectivity index (χ4n) is 4.59. The highest BCUT2D eigenvalue weighted by atomic mass is 19.2. The van der Waals surface area contributed by atoms with Gasteiger partial charge in [-0.25, -0.2) is 13.6 Å². The standard InChI is InChI=1S/C30H35F2N5O2/c1-21-13-17-36(18-14-21)15-4-16-37(30(39)34-24-11-12-25(31)26(32)19-24)20-22-7-9-23(10-8-22)29(38)35-28-6-3-2-5-27(28)33/h2-3,5-12,19,21H,4,13-18,20,33H2,1H3,(H,34,39)(H,35,38). The Labute approximate surface area is 228 Å². The van der Waals surface area contributed by atoms with E-state index in [0.29, 0.717) is 30.0 Å². The van der Waals surface area contributed by atoms with Crippen LogP contribution < -0.4 is 16.4 Å². The van der Waals surface area contributed by atoms with Crippen LogP contribution in [0.1, 0.15) is 42.1 Å². The normalized spacial score (nSPS) is 14.1. The Hall–Kier alpha value is -3.98. The summed E-state index contributed by atoms with van der Waals surface area (Å²) in [7, 11) is 0. The van der Waals surface area contributed by atoms with Crippen molar-refractivity contribution in [3.05, 3.63) is 89.5 Å². The van der Waals surface area contributed by atoms with Crippen molar-refractivity contribution < 1.29 is 18.4 Å². The number of piperidine rings is 1. The molecule has 3 aromatic carbocycles. The quantitative estimate of drug-likeness (QED) is 0.295. The smallest absolute Gasteiger partial charge is 0.322 e. The molecular weight excluding hydrogens is 500 g/mol. The zero-order chi connectivity index (χ0) is 27.8. The molecule has 0 aliphatic carbocycles. The van der Waals surface area contributed by atoms with Crippen LogP contribution in [0.2, 0.25) is 0 Å². The second-order valence-electron chi connectivity index (χ2n) is 10.1. The predicted octanol–water partition coefficient (Wildman–Crippen LogP) is 5.96. The van der Waals surface area contributed by atoms with Gasteiger partial charge in [-0.2, -0.15) is 0 Å². The minimum Gasteiger partial charge on any atom is -0.397 e. The van der Waals surface area contributed by atoms with Gasteiger partial charge in [-0.15, -0.1) is 0 Å². The van der Waals surface area contributed by atoms with E-state index in [1.807, 2.05) is 0 Å². The molecule has 1 aliphatic heterocycles. The van der Waals surface area contributed by atoms with Crippen LogP contribution in [0.3, 0.4) is 0 Å². The summed E-state index contributed by atoms with van der Waals surface area (Å²) in [4.78, 5) is 29.9. The molecule has 3 aromatic rings. The maximum Gasteiger partial charge on any atom is 0.322 e. The summed E-state index contributed by atoms with van der Waals surface area (Å²) in [5, 5.41) is 5.48. The third kappa shape index (κ3) is 8.00. The molecule has 0 spiro atoms. The van der Waals surface area contributed by atoms with E-state index in [4.69, 9.17) is 5.73 Å². The van der Waals surface area contributed by atoms with Crippen LogP contribution in [0.25, 0.3) is 0 Å². The molecule has 0 atom stereocenters. The number of carbonyl (C=O) groups is 2. The number of likely N-dealkylation sites (tertiary alicyclic amines) is 1. The second kappa shape index (κ2) is 13.2. The number of amides is 3. The van der Waals surface area contributed by atoms with Crippen LogP contribution in [0.5, 0.6) is 0 Å². The molecule has 4 N–H and O–H groups in total. The Morgan fingerprint density at radius 3 is 2.38 bits per heavy atom. The van der Waals surface area contributed by atoms with Gasteiger partial charge < -0.3 is 26.2 Å². The summed E-state index contributed by atoms with van der Waals surface area (Å²) >= 11 is 0. The number of para-hydroxylation sites is 2.